The van der Waals surface area contributed by atoms with Crippen LogP contribution in [0.25, 0.3) is 10.9 Å². The van der Waals surface area contributed by atoms with E-state index in [1.165, 1.54) is 0 Å². The van der Waals surface area contributed by atoms with Crippen molar-refractivity contribution in [1.29, 1.82) is 0 Å². The summed E-state index contributed by atoms with van der Waals surface area (Å²) in [5, 5.41) is 1.63. The van der Waals surface area contributed by atoms with Gasteiger partial charge in [-0.15, -0.1) is 0 Å². The lowest BCUT2D eigenvalue weighted by Crippen LogP contribution is -2.41. The van der Waals surface area contributed by atoms with Gasteiger partial charge >= 0.3 is 0 Å². The summed E-state index contributed by atoms with van der Waals surface area (Å²) in [6, 6.07) is 19.1. The van der Waals surface area contributed by atoms with E-state index in [1.54, 1.807) is 14.2 Å². The van der Waals surface area contributed by atoms with Gasteiger partial charge in [0, 0.05) is 23.2 Å². The lowest BCUT2D eigenvalue weighted by Gasteiger charge is -2.38. The van der Waals surface area contributed by atoms with Crippen LogP contribution < -0.4 is 9.47 Å². The summed E-state index contributed by atoms with van der Waals surface area (Å²) in [7, 11) is 3.25. The van der Waals surface area contributed by atoms with Crippen molar-refractivity contribution in [1.82, 2.24) is 9.88 Å². The Balaban J connectivity index is 1.69. The predicted octanol–water partition coefficient (Wildman–Crippen LogP) is 5.63. The molecule has 1 aromatic heterocycles. The molecule has 0 saturated carbocycles. The van der Waals surface area contributed by atoms with Crippen molar-refractivity contribution in [3.05, 3.63) is 94.1 Å². The number of carbonyl (C=O) groups excluding carboxylic acids is 1. The summed E-state index contributed by atoms with van der Waals surface area (Å²) < 4.78 is 11.1. The fourth-order valence-corrected chi connectivity index (χ4v) is 4.85. The Bertz CT molecular complexity index is 1310. The van der Waals surface area contributed by atoms with Crippen molar-refractivity contribution in [2.24, 2.45) is 0 Å². The van der Waals surface area contributed by atoms with Gasteiger partial charge in [-0.05, 0) is 53.4 Å². The van der Waals surface area contributed by atoms with Gasteiger partial charge in [-0.25, -0.2) is 0 Å². The Morgan fingerprint density at radius 2 is 1.78 bits per heavy atom. The minimum Gasteiger partial charge on any atom is -0.493 e. The Morgan fingerprint density at radius 1 is 1.00 bits per heavy atom. The summed E-state index contributed by atoms with van der Waals surface area (Å²) in [6.07, 6.45) is 2.57. The second-order valence-electron chi connectivity index (χ2n) is 7.83. The molecule has 2 heterocycles. The van der Waals surface area contributed by atoms with Crippen molar-refractivity contribution >= 4 is 28.4 Å². The molecule has 1 unspecified atom stereocenters. The number of aromatic amines is 1. The molecule has 1 N–H and O–H groups in total. The maximum atomic E-state index is 13.9. The number of hydrogen-bond donors (Lipinski definition) is 1. The highest BCUT2D eigenvalue weighted by molar-refractivity contribution is 6.31. The third-order valence-electron chi connectivity index (χ3n) is 6.15. The molecule has 1 amide bonds. The number of ether oxygens (including phenoxy) is 2. The topological polar surface area (TPSA) is 54.6 Å². The number of fused-ring (bicyclic) bond motifs is 2. The molecule has 0 fully saturated rings. The molecule has 1 aliphatic heterocycles. The van der Waals surface area contributed by atoms with Crippen LogP contribution in [0.1, 0.15) is 33.1 Å². The van der Waals surface area contributed by atoms with Crippen molar-refractivity contribution in [3.63, 3.8) is 0 Å². The predicted molar refractivity (Wildman–Crippen MR) is 126 cm³/mol. The monoisotopic (exact) mass is 446 g/mol. The van der Waals surface area contributed by atoms with E-state index in [2.05, 4.69) is 4.98 Å². The van der Waals surface area contributed by atoms with Crippen LogP contribution in [0.5, 0.6) is 11.5 Å². The van der Waals surface area contributed by atoms with Crippen LogP contribution in [0, 0.1) is 0 Å². The highest BCUT2D eigenvalue weighted by Gasteiger charge is 2.35. The van der Waals surface area contributed by atoms with Gasteiger partial charge in [0.25, 0.3) is 5.91 Å². The van der Waals surface area contributed by atoms with Crippen molar-refractivity contribution in [2.45, 2.75) is 12.5 Å². The number of rotatable bonds is 4. The molecule has 0 radical (unpaired) electrons. The zero-order valence-corrected chi connectivity index (χ0v) is 18.6. The SMILES string of the molecule is COc1cc2c(cc1OC)C(c1ccccc1Cl)N(C(=O)c1cccc3cc[nH]c13)CC2. The van der Waals surface area contributed by atoms with Crippen LogP contribution in [-0.2, 0) is 6.42 Å². The minimum absolute atomic E-state index is 0.0385. The lowest BCUT2D eigenvalue weighted by molar-refractivity contribution is 0.0696. The summed E-state index contributed by atoms with van der Waals surface area (Å²) in [4.78, 5) is 19.0. The molecule has 4 aromatic rings. The summed E-state index contributed by atoms with van der Waals surface area (Å²) in [5.74, 6) is 1.27. The molecular formula is C26H23ClN2O3. The molecule has 6 heteroatoms. The second kappa shape index (κ2) is 8.24. The number of nitrogens with zero attached hydrogens (tertiary/aromatic N) is 1. The number of H-pyrrole nitrogens is 1. The van der Waals surface area contributed by atoms with E-state index < -0.39 is 0 Å². The number of methoxy groups -OCH3 is 2. The molecule has 5 rings (SSSR count). The highest BCUT2D eigenvalue weighted by Crippen LogP contribution is 2.43. The fraction of sp³-hybridized carbons (Fsp3) is 0.192. The number of halogens is 1. The van der Waals surface area contributed by atoms with Gasteiger partial charge in [0.15, 0.2) is 11.5 Å². The smallest absolute Gasteiger partial charge is 0.256 e. The van der Waals surface area contributed by atoms with E-state index in [-0.39, 0.29) is 11.9 Å². The molecule has 0 bridgehead atoms. The minimum atomic E-state index is -0.343. The zero-order valence-electron chi connectivity index (χ0n) is 17.9. The normalized spacial score (nSPS) is 15.5. The molecule has 1 aliphatic rings. The average Bonchev–Trinajstić information content (AvgIpc) is 3.31. The summed E-state index contributed by atoms with van der Waals surface area (Å²) >= 11 is 6.65. The molecule has 0 saturated heterocycles. The molecular weight excluding hydrogens is 424 g/mol. The second-order valence-corrected chi connectivity index (χ2v) is 8.23. The number of para-hydroxylation sites is 1. The number of nitrogens with one attached hydrogen (secondary N) is 1. The Labute approximate surface area is 191 Å². The first kappa shape index (κ1) is 20.5. The highest BCUT2D eigenvalue weighted by atomic mass is 35.5. The van der Waals surface area contributed by atoms with Crippen LogP contribution in [-0.4, -0.2) is 36.6 Å². The van der Waals surface area contributed by atoms with Gasteiger partial charge in [0.05, 0.1) is 31.3 Å². The van der Waals surface area contributed by atoms with Crippen LogP contribution in [0.15, 0.2) is 66.9 Å². The maximum absolute atomic E-state index is 13.9. The van der Waals surface area contributed by atoms with E-state index in [1.807, 2.05) is 71.8 Å². The first-order valence-corrected chi connectivity index (χ1v) is 10.9. The van der Waals surface area contributed by atoms with Gasteiger partial charge < -0.3 is 19.4 Å². The fourth-order valence-electron chi connectivity index (χ4n) is 4.61. The molecule has 0 aliphatic carbocycles. The Morgan fingerprint density at radius 3 is 2.56 bits per heavy atom. The average molecular weight is 447 g/mol. The number of aromatic nitrogens is 1. The maximum Gasteiger partial charge on any atom is 0.256 e. The van der Waals surface area contributed by atoms with Crippen molar-refractivity contribution in [3.8, 4) is 11.5 Å². The van der Waals surface area contributed by atoms with Crippen molar-refractivity contribution < 1.29 is 14.3 Å². The molecule has 1 atom stereocenters. The Kier molecular flexibility index (Phi) is 5.27. The zero-order chi connectivity index (χ0) is 22.2. The number of carbonyl (C=O) groups is 1. The van der Waals surface area contributed by atoms with Gasteiger partial charge in [-0.3, -0.25) is 4.79 Å². The van der Waals surface area contributed by atoms with Crippen LogP contribution >= 0.6 is 11.6 Å². The van der Waals surface area contributed by atoms with Gasteiger partial charge in [0.1, 0.15) is 0 Å². The number of amides is 1. The first-order valence-electron chi connectivity index (χ1n) is 10.5. The van der Waals surface area contributed by atoms with Gasteiger partial charge in [-0.2, -0.15) is 0 Å². The van der Waals surface area contributed by atoms with Crippen LogP contribution in [0.4, 0.5) is 0 Å². The summed E-state index contributed by atoms with van der Waals surface area (Å²) in [6.45, 7) is 0.564. The molecule has 162 valence electrons. The third-order valence-corrected chi connectivity index (χ3v) is 6.50. The Hall–Kier alpha value is -3.44. The van der Waals surface area contributed by atoms with E-state index in [0.717, 1.165) is 27.6 Å². The largest absolute Gasteiger partial charge is 0.493 e. The van der Waals surface area contributed by atoms with Crippen LogP contribution in [0.2, 0.25) is 5.02 Å². The quantitative estimate of drug-likeness (QED) is 0.442. The van der Waals surface area contributed by atoms with E-state index in [4.69, 9.17) is 21.1 Å². The molecule has 0 spiro atoms. The number of benzene rings is 3. The van der Waals surface area contributed by atoms with Gasteiger partial charge in [0.2, 0.25) is 0 Å². The number of hydrogen-bond acceptors (Lipinski definition) is 3. The van der Waals surface area contributed by atoms with E-state index in [9.17, 15) is 4.79 Å². The molecule has 5 nitrogen and oxygen atoms in total. The van der Waals surface area contributed by atoms with Crippen LogP contribution in [0.3, 0.4) is 0 Å². The van der Waals surface area contributed by atoms with Gasteiger partial charge in [-0.1, -0.05) is 41.9 Å². The first-order chi connectivity index (χ1) is 15.6. The van der Waals surface area contributed by atoms with E-state index >= 15 is 0 Å². The molecule has 32 heavy (non-hydrogen) atoms. The lowest BCUT2D eigenvalue weighted by atomic mass is 9.87. The third kappa shape index (κ3) is 3.30. The molecule has 3 aromatic carbocycles. The van der Waals surface area contributed by atoms with E-state index in [0.29, 0.717) is 35.1 Å². The van der Waals surface area contributed by atoms with Crippen molar-refractivity contribution in [2.75, 3.05) is 20.8 Å². The summed E-state index contributed by atoms with van der Waals surface area (Å²) in [5.41, 5.74) is 4.49. The standard InChI is InChI=1S/C26H23ClN2O3/c1-31-22-14-17-11-13-29(26(30)19-8-5-6-16-10-12-28-24(16)19)25(20(17)15-23(22)32-2)18-7-3-4-9-21(18)27/h3-10,12,14-15,25,28H,11,13H2,1-2H3.